The number of nitrogens with zero attached hydrogens (tertiary/aromatic N) is 1. The average Bonchev–Trinajstić information content (AvgIpc) is 2.66. The first-order chi connectivity index (χ1) is 12.4. The molecule has 8 nitrogen and oxygen atoms in total. The molecule has 0 saturated carbocycles. The molecule has 1 fully saturated rings. The summed E-state index contributed by atoms with van der Waals surface area (Å²) in [6.07, 6.45) is 0.217. The number of carbonyl (C=O) groups is 3. The molecule has 0 aliphatic carbocycles. The van der Waals surface area contributed by atoms with Crippen LogP contribution in [-0.2, 0) is 19.1 Å². The molecule has 1 aromatic carbocycles. The van der Waals surface area contributed by atoms with Gasteiger partial charge in [0, 0.05) is 19.0 Å². The number of piperidine rings is 1. The van der Waals surface area contributed by atoms with Crippen LogP contribution in [0.25, 0.3) is 0 Å². The van der Waals surface area contributed by atoms with E-state index in [4.69, 9.17) is 19.9 Å². The molecule has 1 heterocycles. The predicted octanol–water partition coefficient (Wildman–Crippen LogP) is 0.730. The van der Waals surface area contributed by atoms with E-state index in [1.807, 2.05) is 0 Å². The maximum Gasteiger partial charge on any atom is 0.347 e. The Bertz CT molecular complexity index is 638. The fourth-order valence-electron chi connectivity index (χ4n) is 2.66. The minimum Gasteiger partial charge on any atom is -0.497 e. The zero-order chi connectivity index (χ0) is 19.1. The summed E-state index contributed by atoms with van der Waals surface area (Å²) in [6, 6.07) is 6.78. The van der Waals surface area contributed by atoms with Crippen LogP contribution in [0.15, 0.2) is 24.3 Å². The van der Waals surface area contributed by atoms with Crippen LogP contribution in [0.3, 0.4) is 0 Å². The van der Waals surface area contributed by atoms with Crippen LogP contribution in [0.4, 0.5) is 0 Å². The number of rotatable bonds is 7. The van der Waals surface area contributed by atoms with Gasteiger partial charge in [-0.1, -0.05) is 0 Å². The second-order valence-electron chi connectivity index (χ2n) is 6.10. The fourth-order valence-corrected chi connectivity index (χ4v) is 2.66. The third-order valence-electron chi connectivity index (χ3n) is 4.29. The SMILES string of the molecule is COc1ccc(OC(C)C(=O)OCC(=O)N2CCC(C(N)=O)CC2)cc1. The van der Waals surface area contributed by atoms with E-state index in [9.17, 15) is 14.4 Å². The van der Waals surface area contributed by atoms with Crippen molar-refractivity contribution in [3.05, 3.63) is 24.3 Å². The van der Waals surface area contributed by atoms with Gasteiger partial charge in [-0.15, -0.1) is 0 Å². The lowest BCUT2D eigenvalue weighted by Crippen LogP contribution is -2.43. The van der Waals surface area contributed by atoms with Gasteiger partial charge in [0.2, 0.25) is 5.91 Å². The Morgan fingerprint density at radius 2 is 1.73 bits per heavy atom. The first kappa shape index (κ1) is 19.6. The first-order valence-corrected chi connectivity index (χ1v) is 8.45. The summed E-state index contributed by atoms with van der Waals surface area (Å²) in [5.74, 6) is -0.278. The van der Waals surface area contributed by atoms with Gasteiger partial charge in [0.15, 0.2) is 12.7 Å². The van der Waals surface area contributed by atoms with Crippen molar-refractivity contribution in [2.24, 2.45) is 11.7 Å². The maximum absolute atomic E-state index is 12.1. The van der Waals surface area contributed by atoms with Crippen molar-refractivity contribution < 1.29 is 28.6 Å². The Balaban J connectivity index is 1.74. The smallest absolute Gasteiger partial charge is 0.347 e. The summed E-state index contributed by atoms with van der Waals surface area (Å²) in [7, 11) is 1.56. The van der Waals surface area contributed by atoms with Gasteiger partial charge in [-0.25, -0.2) is 4.79 Å². The number of likely N-dealkylation sites (tertiary alicyclic amines) is 1. The fraction of sp³-hybridized carbons (Fsp3) is 0.500. The zero-order valence-corrected chi connectivity index (χ0v) is 15.0. The van der Waals surface area contributed by atoms with Gasteiger partial charge in [0.1, 0.15) is 11.5 Å². The highest BCUT2D eigenvalue weighted by Crippen LogP contribution is 2.19. The lowest BCUT2D eigenvalue weighted by Gasteiger charge is -2.30. The van der Waals surface area contributed by atoms with Crippen LogP contribution in [-0.4, -0.2) is 55.6 Å². The van der Waals surface area contributed by atoms with E-state index in [0.717, 1.165) is 0 Å². The van der Waals surface area contributed by atoms with E-state index in [2.05, 4.69) is 0 Å². The molecule has 2 N–H and O–H groups in total. The lowest BCUT2D eigenvalue weighted by atomic mass is 9.96. The van der Waals surface area contributed by atoms with Crippen molar-refractivity contribution in [3.8, 4) is 11.5 Å². The molecule has 8 heteroatoms. The molecule has 0 bridgehead atoms. The van der Waals surface area contributed by atoms with Crippen LogP contribution in [0.1, 0.15) is 19.8 Å². The monoisotopic (exact) mass is 364 g/mol. The molecule has 1 saturated heterocycles. The quantitative estimate of drug-likeness (QED) is 0.715. The maximum atomic E-state index is 12.1. The molecule has 1 unspecified atom stereocenters. The molecular weight excluding hydrogens is 340 g/mol. The van der Waals surface area contributed by atoms with Crippen LogP contribution in [0, 0.1) is 5.92 Å². The summed E-state index contributed by atoms with van der Waals surface area (Å²) >= 11 is 0. The van der Waals surface area contributed by atoms with Gasteiger partial charge >= 0.3 is 5.97 Å². The zero-order valence-electron chi connectivity index (χ0n) is 15.0. The Morgan fingerprint density at radius 3 is 2.27 bits per heavy atom. The van der Waals surface area contributed by atoms with Crippen molar-refractivity contribution in [1.29, 1.82) is 0 Å². The second kappa shape index (κ2) is 9.07. The van der Waals surface area contributed by atoms with Crippen LogP contribution < -0.4 is 15.2 Å². The van der Waals surface area contributed by atoms with Gasteiger partial charge in [0.05, 0.1) is 7.11 Å². The highest BCUT2D eigenvalue weighted by Gasteiger charge is 2.27. The predicted molar refractivity (Wildman–Crippen MR) is 92.5 cm³/mol. The normalized spacial score (nSPS) is 15.8. The summed E-state index contributed by atoms with van der Waals surface area (Å²) in [4.78, 5) is 36.8. The van der Waals surface area contributed by atoms with E-state index >= 15 is 0 Å². The average molecular weight is 364 g/mol. The Hall–Kier alpha value is -2.77. The van der Waals surface area contributed by atoms with Gasteiger partial charge in [-0.2, -0.15) is 0 Å². The topological polar surface area (TPSA) is 108 Å². The standard InChI is InChI=1S/C18H24N2O6/c1-12(26-15-5-3-14(24-2)4-6-15)18(23)25-11-16(21)20-9-7-13(8-10-20)17(19)22/h3-6,12-13H,7-11H2,1-2H3,(H2,19,22). The molecule has 0 aromatic heterocycles. The number of hydrogen-bond acceptors (Lipinski definition) is 6. The molecule has 2 rings (SSSR count). The molecule has 1 aliphatic heterocycles. The number of esters is 1. The third-order valence-corrected chi connectivity index (χ3v) is 4.29. The van der Waals surface area contributed by atoms with Gasteiger partial charge < -0.3 is 24.8 Å². The summed E-state index contributed by atoms with van der Waals surface area (Å²) < 4.78 is 15.6. The Morgan fingerprint density at radius 1 is 1.15 bits per heavy atom. The summed E-state index contributed by atoms with van der Waals surface area (Å²) in [5, 5.41) is 0. The van der Waals surface area contributed by atoms with Crippen LogP contribution >= 0.6 is 0 Å². The third kappa shape index (κ3) is 5.37. The highest BCUT2D eigenvalue weighted by molar-refractivity contribution is 5.82. The lowest BCUT2D eigenvalue weighted by molar-refractivity contribution is -0.157. The number of hydrogen-bond donors (Lipinski definition) is 1. The van der Waals surface area contributed by atoms with Gasteiger partial charge in [0.25, 0.3) is 5.91 Å². The van der Waals surface area contributed by atoms with Crippen molar-refractivity contribution in [2.45, 2.75) is 25.9 Å². The minimum atomic E-state index is -0.850. The van der Waals surface area contributed by atoms with E-state index in [0.29, 0.717) is 37.4 Å². The molecular formula is C18H24N2O6. The van der Waals surface area contributed by atoms with Crippen molar-refractivity contribution in [3.63, 3.8) is 0 Å². The molecule has 1 atom stereocenters. The van der Waals surface area contributed by atoms with Crippen LogP contribution in [0.5, 0.6) is 11.5 Å². The van der Waals surface area contributed by atoms with E-state index in [-0.39, 0.29) is 24.3 Å². The Kier molecular flexibility index (Phi) is 6.82. The number of benzene rings is 1. The van der Waals surface area contributed by atoms with Crippen molar-refractivity contribution >= 4 is 17.8 Å². The number of methoxy groups -OCH3 is 1. The van der Waals surface area contributed by atoms with E-state index in [1.54, 1.807) is 43.2 Å². The van der Waals surface area contributed by atoms with E-state index in [1.165, 1.54) is 0 Å². The summed E-state index contributed by atoms with van der Waals surface area (Å²) in [6.45, 7) is 2.07. The molecule has 0 radical (unpaired) electrons. The largest absolute Gasteiger partial charge is 0.497 e. The van der Waals surface area contributed by atoms with Crippen molar-refractivity contribution in [2.75, 3.05) is 26.8 Å². The minimum absolute atomic E-state index is 0.195. The van der Waals surface area contributed by atoms with Gasteiger partial charge in [-0.05, 0) is 44.0 Å². The first-order valence-electron chi connectivity index (χ1n) is 8.45. The van der Waals surface area contributed by atoms with Crippen LogP contribution in [0.2, 0.25) is 0 Å². The number of primary amides is 1. The van der Waals surface area contributed by atoms with Gasteiger partial charge in [-0.3, -0.25) is 9.59 Å². The number of carbonyl (C=O) groups excluding carboxylic acids is 3. The number of ether oxygens (including phenoxy) is 3. The Labute approximate surface area is 152 Å². The molecule has 26 heavy (non-hydrogen) atoms. The molecule has 0 spiro atoms. The summed E-state index contributed by atoms with van der Waals surface area (Å²) in [5.41, 5.74) is 5.27. The van der Waals surface area contributed by atoms with E-state index < -0.39 is 12.1 Å². The number of amides is 2. The molecule has 2 amide bonds. The molecule has 1 aromatic rings. The second-order valence-corrected chi connectivity index (χ2v) is 6.10. The number of nitrogens with two attached hydrogens (primary N) is 1. The highest BCUT2D eigenvalue weighted by atomic mass is 16.6. The molecule has 142 valence electrons. The molecule has 1 aliphatic rings. The van der Waals surface area contributed by atoms with Crippen molar-refractivity contribution in [1.82, 2.24) is 4.90 Å².